The van der Waals surface area contributed by atoms with Crippen molar-refractivity contribution >= 4 is 5.78 Å². The second-order valence-electron chi connectivity index (χ2n) is 4.62. The van der Waals surface area contributed by atoms with E-state index < -0.39 is 5.41 Å². The Balaban J connectivity index is 1.96. The number of aromatic nitrogens is 2. The van der Waals surface area contributed by atoms with Crippen LogP contribution in [0.4, 0.5) is 0 Å². The predicted molar refractivity (Wildman–Crippen MR) is 65.6 cm³/mol. The number of carbonyl (C=O) groups excluding carboxylic acids is 1. The van der Waals surface area contributed by atoms with Gasteiger partial charge in [-0.1, -0.05) is 30.3 Å². The van der Waals surface area contributed by atoms with Crippen molar-refractivity contribution in [3.63, 3.8) is 0 Å². The van der Waals surface area contributed by atoms with Gasteiger partial charge in [0.05, 0.1) is 17.5 Å². The van der Waals surface area contributed by atoms with Crippen LogP contribution in [0.25, 0.3) is 11.3 Å². The standard InChI is InChI=1S/C14H11N3O/c15-9-14(7-11(18)8-14)13-6-12(16-17-13)10-4-2-1-3-5-10/h1-6H,7-8H2,(H,16,17). The van der Waals surface area contributed by atoms with Gasteiger partial charge in [0.25, 0.3) is 0 Å². The van der Waals surface area contributed by atoms with Gasteiger partial charge in [0, 0.05) is 18.4 Å². The van der Waals surface area contributed by atoms with Crippen LogP contribution in [-0.2, 0) is 10.2 Å². The molecule has 0 amide bonds. The number of H-pyrrole nitrogens is 1. The van der Waals surface area contributed by atoms with Crippen molar-refractivity contribution in [3.05, 3.63) is 42.1 Å². The molecule has 0 radical (unpaired) electrons. The largest absolute Gasteiger partial charge is 0.300 e. The fourth-order valence-corrected chi connectivity index (χ4v) is 2.27. The second-order valence-corrected chi connectivity index (χ2v) is 4.62. The Hall–Kier alpha value is -2.41. The van der Waals surface area contributed by atoms with Gasteiger partial charge in [-0.05, 0) is 6.07 Å². The molecule has 1 N–H and O–H groups in total. The van der Waals surface area contributed by atoms with Crippen LogP contribution in [0.1, 0.15) is 18.5 Å². The van der Waals surface area contributed by atoms with E-state index in [0.717, 1.165) is 17.0 Å². The lowest BCUT2D eigenvalue weighted by Gasteiger charge is -2.32. The van der Waals surface area contributed by atoms with Gasteiger partial charge in [-0.2, -0.15) is 10.4 Å². The van der Waals surface area contributed by atoms with Gasteiger partial charge in [-0.25, -0.2) is 0 Å². The highest BCUT2D eigenvalue weighted by Gasteiger charge is 2.46. The third-order valence-electron chi connectivity index (χ3n) is 3.37. The number of rotatable bonds is 2. The van der Waals surface area contributed by atoms with Crippen molar-refractivity contribution in [2.45, 2.75) is 18.3 Å². The van der Waals surface area contributed by atoms with Crippen LogP contribution < -0.4 is 0 Å². The summed E-state index contributed by atoms with van der Waals surface area (Å²) in [7, 11) is 0. The van der Waals surface area contributed by atoms with Crippen LogP contribution in [0.2, 0.25) is 0 Å². The second kappa shape index (κ2) is 3.81. The fraction of sp³-hybridized carbons (Fsp3) is 0.214. The lowest BCUT2D eigenvalue weighted by molar-refractivity contribution is -0.126. The molecule has 0 unspecified atom stereocenters. The number of nitrogens with one attached hydrogen (secondary N) is 1. The minimum atomic E-state index is -0.683. The molecule has 4 nitrogen and oxygen atoms in total. The maximum absolute atomic E-state index is 11.1. The Morgan fingerprint density at radius 3 is 2.61 bits per heavy atom. The van der Waals surface area contributed by atoms with Gasteiger partial charge < -0.3 is 0 Å². The number of Topliss-reactive ketones (excluding diaryl/α,β-unsaturated/α-hetero) is 1. The summed E-state index contributed by atoms with van der Waals surface area (Å²) in [6, 6.07) is 13.9. The zero-order valence-electron chi connectivity index (χ0n) is 9.68. The summed E-state index contributed by atoms with van der Waals surface area (Å²) in [6.07, 6.45) is 0.583. The van der Waals surface area contributed by atoms with Crippen molar-refractivity contribution < 1.29 is 4.79 Å². The first-order valence-electron chi connectivity index (χ1n) is 5.78. The highest BCUT2D eigenvalue weighted by Crippen LogP contribution is 2.40. The lowest BCUT2D eigenvalue weighted by atomic mass is 9.67. The summed E-state index contributed by atoms with van der Waals surface area (Å²) in [5.41, 5.74) is 1.86. The van der Waals surface area contributed by atoms with Gasteiger partial charge in [0.2, 0.25) is 0 Å². The highest BCUT2D eigenvalue weighted by atomic mass is 16.1. The van der Waals surface area contributed by atoms with Crippen molar-refractivity contribution in [2.24, 2.45) is 0 Å². The molecule has 18 heavy (non-hydrogen) atoms. The van der Waals surface area contributed by atoms with E-state index in [1.807, 2.05) is 36.4 Å². The molecule has 0 bridgehead atoms. The predicted octanol–water partition coefficient (Wildman–Crippen LogP) is 2.20. The van der Waals surface area contributed by atoms with E-state index in [9.17, 15) is 10.1 Å². The van der Waals surface area contributed by atoms with E-state index in [4.69, 9.17) is 0 Å². The SMILES string of the molecule is N#CC1(c2cc(-c3ccccc3)n[nH]2)CC(=O)C1. The average Bonchev–Trinajstić information content (AvgIpc) is 2.85. The van der Waals surface area contributed by atoms with E-state index in [-0.39, 0.29) is 5.78 Å². The van der Waals surface area contributed by atoms with E-state index in [1.54, 1.807) is 0 Å². The first-order valence-corrected chi connectivity index (χ1v) is 5.78. The minimum absolute atomic E-state index is 0.132. The number of carbonyl (C=O) groups is 1. The zero-order chi connectivity index (χ0) is 12.6. The highest BCUT2D eigenvalue weighted by molar-refractivity contribution is 5.90. The summed E-state index contributed by atoms with van der Waals surface area (Å²) in [4.78, 5) is 11.1. The molecule has 0 atom stereocenters. The fourth-order valence-electron chi connectivity index (χ4n) is 2.27. The molecule has 1 aliphatic rings. The van der Waals surface area contributed by atoms with Gasteiger partial charge in [-0.3, -0.25) is 9.89 Å². The van der Waals surface area contributed by atoms with Gasteiger partial charge in [0.1, 0.15) is 11.2 Å². The van der Waals surface area contributed by atoms with Crippen LogP contribution in [0, 0.1) is 11.3 Å². The van der Waals surface area contributed by atoms with E-state index in [1.165, 1.54) is 0 Å². The first kappa shape index (κ1) is 10.7. The van der Waals surface area contributed by atoms with Crippen LogP contribution >= 0.6 is 0 Å². The maximum Gasteiger partial charge on any atom is 0.136 e. The normalized spacial score (nSPS) is 16.9. The van der Waals surface area contributed by atoms with Crippen LogP contribution in [-0.4, -0.2) is 16.0 Å². The molecule has 1 saturated carbocycles. The molecular formula is C14H11N3O. The van der Waals surface area contributed by atoms with Crippen LogP contribution in [0.3, 0.4) is 0 Å². The third kappa shape index (κ3) is 1.52. The Kier molecular flexibility index (Phi) is 2.27. The zero-order valence-corrected chi connectivity index (χ0v) is 9.68. The van der Waals surface area contributed by atoms with Crippen molar-refractivity contribution in [3.8, 4) is 17.3 Å². The molecule has 1 fully saturated rings. The number of aromatic amines is 1. The molecule has 0 spiro atoms. The summed E-state index contributed by atoms with van der Waals surface area (Å²) >= 11 is 0. The summed E-state index contributed by atoms with van der Waals surface area (Å²) in [5, 5.41) is 16.4. The molecule has 1 aromatic carbocycles. The quantitative estimate of drug-likeness (QED) is 0.870. The molecule has 4 heteroatoms. The Bertz CT molecular complexity index is 629. The number of hydrogen-bond donors (Lipinski definition) is 1. The van der Waals surface area contributed by atoms with Crippen LogP contribution in [0.5, 0.6) is 0 Å². The molecule has 1 aliphatic carbocycles. The molecule has 0 aliphatic heterocycles. The summed E-state index contributed by atoms with van der Waals surface area (Å²) in [5.74, 6) is 0.132. The molecule has 3 rings (SSSR count). The van der Waals surface area contributed by atoms with Crippen LogP contribution in [0.15, 0.2) is 36.4 Å². The third-order valence-corrected chi connectivity index (χ3v) is 3.37. The number of nitrogens with zero attached hydrogens (tertiary/aromatic N) is 2. The molecule has 0 saturated heterocycles. The Morgan fingerprint density at radius 1 is 1.28 bits per heavy atom. The van der Waals surface area contributed by atoms with E-state index >= 15 is 0 Å². The summed E-state index contributed by atoms with van der Waals surface area (Å²) in [6.45, 7) is 0. The van der Waals surface area contributed by atoms with Crippen molar-refractivity contribution in [1.82, 2.24) is 10.2 Å². The average molecular weight is 237 g/mol. The number of hydrogen-bond acceptors (Lipinski definition) is 3. The molecular weight excluding hydrogens is 226 g/mol. The molecule has 2 aromatic rings. The maximum atomic E-state index is 11.1. The van der Waals surface area contributed by atoms with E-state index in [0.29, 0.717) is 12.8 Å². The van der Waals surface area contributed by atoms with Gasteiger partial charge >= 0.3 is 0 Å². The lowest BCUT2D eigenvalue weighted by Crippen LogP contribution is -2.40. The number of ketones is 1. The molecule has 88 valence electrons. The Labute approximate surface area is 104 Å². The number of benzene rings is 1. The van der Waals surface area contributed by atoms with Crippen molar-refractivity contribution in [1.29, 1.82) is 5.26 Å². The topological polar surface area (TPSA) is 69.5 Å². The van der Waals surface area contributed by atoms with Crippen molar-refractivity contribution in [2.75, 3.05) is 0 Å². The smallest absolute Gasteiger partial charge is 0.136 e. The summed E-state index contributed by atoms with van der Waals surface area (Å²) < 4.78 is 0. The molecule has 1 heterocycles. The van der Waals surface area contributed by atoms with Gasteiger partial charge in [-0.15, -0.1) is 0 Å². The monoisotopic (exact) mass is 237 g/mol. The first-order chi connectivity index (χ1) is 8.73. The molecule has 1 aromatic heterocycles. The Morgan fingerprint density at radius 2 is 2.00 bits per heavy atom. The van der Waals surface area contributed by atoms with E-state index in [2.05, 4.69) is 16.3 Å². The number of nitriles is 1. The minimum Gasteiger partial charge on any atom is -0.300 e. The van der Waals surface area contributed by atoms with Gasteiger partial charge in [0.15, 0.2) is 0 Å².